The molecular weight excluding hydrogens is 556 g/mol. The van der Waals surface area contributed by atoms with Gasteiger partial charge in [-0.3, -0.25) is 14.7 Å². The van der Waals surface area contributed by atoms with Crippen molar-refractivity contribution in [3.05, 3.63) is 109 Å². The summed E-state index contributed by atoms with van der Waals surface area (Å²) < 4.78 is 34.2. The fourth-order valence-electron chi connectivity index (χ4n) is 4.09. The minimum atomic E-state index is -4.02. The third-order valence-corrected chi connectivity index (χ3v) is 7.78. The number of ether oxygens (including phenoxy) is 1. The van der Waals surface area contributed by atoms with Crippen molar-refractivity contribution in [3.63, 3.8) is 0 Å². The number of benzene rings is 2. The first kappa shape index (κ1) is 30.4. The number of carbonyl (C=O) groups excluding carboxylic acids is 1. The molecule has 1 N–H and O–H groups in total. The SMILES string of the molecule is CC(C)(C)OC(=O)N(CC(=O)O)c1cccc(CN(Cc2ccc(-c3ccccc3)cc2)S(=O)(=O)c2cccnc2)n1. The van der Waals surface area contributed by atoms with Crippen molar-refractivity contribution in [2.45, 2.75) is 44.4 Å². The molecule has 42 heavy (non-hydrogen) atoms. The van der Waals surface area contributed by atoms with E-state index in [-0.39, 0.29) is 23.8 Å². The first-order valence-corrected chi connectivity index (χ1v) is 14.6. The normalized spacial score (nSPS) is 11.7. The van der Waals surface area contributed by atoms with Crippen molar-refractivity contribution in [3.8, 4) is 11.1 Å². The van der Waals surface area contributed by atoms with Crippen LogP contribution in [0.25, 0.3) is 11.1 Å². The van der Waals surface area contributed by atoms with Gasteiger partial charge in [0.25, 0.3) is 0 Å². The molecule has 4 rings (SSSR count). The highest BCUT2D eigenvalue weighted by Crippen LogP contribution is 2.24. The zero-order valence-electron chi connectivity index (χ0n) is 23.5. The molecule has 4 aromatic rings. The lowest BCUT2D eigenvalue weighted by atomic mass is 10.0. The van der Waals surface area contributed by atoms with Crippen LogP contribution in [-0.2, 0) is 32.6 Å². The van der Waals surface area contributed by atoms with Crippen LogP contribution >= 0.6 is 0 Å². The van der Waals surface area contributed by atoms with E-state index in [1.54, 1.807) is 39.0 Å². The number of pyridine rings is 2. The van der Waals surface area contributed by atoms with E-state index in [0.29, 0.717) is 5.69 Å². The van der Waals surface area contributed by atoms with Gasteiger partial charge in [0.15, 0.2) is 0 Å². The molecule has 0 saturated carbocycles. The van der Waals surface area contributed by atoms with Gasteiger partial charge in [-0.2, -0.15) is 4.31 Å². The van der Waals surface area contributed by atoms with E-state index in [9.17, 15) is 23.1 Å². The van der Waals surface area contributed by atoms with Gasteiger partial charge < -0.3 is 9.84 Å². The van der Waals surface area contributed by atoms with Gasteiger partial charge in [-0.25, -0.2) is 18.2 Å². The second-order valence-corrected chi connectivity index (χ2v) is 12.4. The van der Waals surface area contributed by atoms with E-state index in [4.69, 9.17) is 4.74 Å². The lowest BCUT2D eigenvalue weighted by Gasteiger charge is -2.26. The largest absolute Gasteiger partial charge is 0.480 e. The summed E-state index contributed by atoms with van der Waals surface area (Å²) in [4.78, 5) is 33.7. The summed E-state index contributed by atoms with van der Waals surface area (Å²) in [6, 6.07) is 25.1. The van der Waals surface area contributed by atoms with Crippen LogP contribution in [0.2, 0.25) is 0 Å². The van der Waals surface area contributed by atoms with Crippen molar-refractivity contribution in [1.82, 2.24) is 14.3 Å². The summed E-state index contributed by atoms with van der Waals surface area (Å²) in [6.07, 6.45) is 1.89. The van der Waals surface area contributed by atoms with Gasteiger partial charge in [-0.05, 0) is 61.7 Å². The molecule has 0 radical (unpaired) electrons. The molecule has 0 aliphatic carbocycles. The fourth-order valence-corrected chi connectivity index (χ4v) is 5.45. The molecule has 0 fully saturated rings. The average Bonchev–Trinajstić information content (AvgIpc) is 2.96. The highest BCUT2D eigenvalue weighted by atomic mass is 32.2. The summed E-state index contributed by atoms with van der Waals surface area (Å²) in [5, 5.41) is 9.43. The Kier molecular flexibility index (Phi) is 9.34. The van der Waals surface area contributed by atoms with Crippen LogP contribution in [0.3, 0.4) is 0 Å². The van der Waals surface area contributed by atoms with Crippen LogP contribution < -0.4 is 4.90 Å². The summed E-state index contributed by atoms with van der Waals surface area (Å²) in [5.41, 5.74) is 2.23. The van der Waals surface area contributed by atoms with E-state index in [1.807, 2.05) is 54.6 Å². The topological polar surface area (TPSA) is 130 Å². The van der Waals surface area contributed by atoms with Gasteiger partial charge >= 0.3 is 12.1 Å². The van der Waals surface area contributed by atoms with Crippen molar-refractivity contribution in [2.24, 2.45) is 0 Å². The number of hydrogen-bond acceptors (Lipinski definition) is 7. The van der Waals surface area contributed by atoms with Gasteiger partial charge in [0.05, 0.1) is 12.2 Å². The summed E-state index contributed by atoms with van der Waals surface area (Å²) in [5.74, 6) is -1.23. The number of rotatable bonds is 10. The second kappa shape index (κ2) is 12.9. The minimum absolute atomic E-state index is 0.0170. The number of sulfonamides is 1. The van der Waals surface area contributed by atoms with Crippen LogP contribution in [0, 0.1) is 0 Å². The lowest BCUT2D eigenvalue weighted by Crippen LogP contribution is -2.40. The van der Waals surface area contributed by atoms with Crippen molar-refractivity contribution >= 4 is 27.9 Å². The second-order valence-electron chi connectivity index (χ2n) is 10.5. The standard InChI is InChI=1S/C31H32N4O6S/c1-31(2,3)41-30(38)35(22-29(36)37)28-13-7-11-26(33-28)21-34(42(39,40)27-12-8-18-32-19-27)20-23-14-16-25(17-15-23)24-9-5-4-6-10-24/h4-19H,20-22H2,1-3H3,(H,36,37). The minimum Gasteiger partial charge on any atom is -0.480 e. The molecule has 0 saturated heterocycles. The third-order valence-electron chi connectivity index (χ3n) is 6.01. The maximum atomic E-state index is 13.8. The quantitative estimate of drug-likeness (QED) is 0.262. The molecule has 2 aromatic carbocycles. The smallest absolute Gasteiger partial charge is 0.416 e. The predicted molar refractivity (Wildman–Crippen MR) is 158 cm³/mol. The number of hydrogen-bond donors (Lipinski definition) is 1. The van der Waals surface area contributed by atoms with E-state index < -0.39 is 34.2 Å². The number of carboxylic acid groups (broad SMARTS) is 1. The highest BCUT2D eigenvalue weighted by molar-refractivity contribution is 7.89. The van der Waals surface area contributed by atoms with Crippen LogP contribution in [0.4, 0.5) is 10.6 Å². The van der Waals surface area contributed by atoms with Crippen LogP contribution in [0.15, 0.2) is 102 Å². The number of amides is 1. The molecule has 10 nitrogen and oxygen atoms in total. The fraction of sp³-hybridized carbons (Fsp3) is 0.226. The van der Waals surface area contributed by atoms with Crippen LogP contribution in [-0.4, -0.2) is 52.0 Å². The Morgan fingerprint density at radius 3 is 2.17 bits per heavy atom. The lowest BCUT2D eigenvalue weighted by molar-refractivity contribution is -0.135. The third kappa shape index (κ3) is 7.99. The van der Waals surface area contributed by atoms with Gasteiger partial charge in [0.2, 0.25) is 10.0 Å². The summed E-state index contributed by atoms with van der Waals surface area (Å²) in [7, 11) is -4.02. The zero-order chi connectivity index (χ0) is 30.3. The van der Waals surface area contributed by atoms with Crippen LogP contribution in [0.5, 0.6) is 0 Å². The molecule has 1 amide bonds. The summed E-state index contributed by atoms with van der Waals surface area (Å²) >= 11 is 0. The molecular formula is C31H32N4O6S. The van der Waals surface area contributed by atoms with E-state index in [0.717, 1.165) is 21.6 Å². The van der Waals surface area contributed by atoms with Gasteiger partial charge in [-0.1, -0.05) is 60.7 Å². The molecule has 0 aliphatic heterocycles. The molecule has 11 heteroatoms. The molecule has 2 aromatic heterocycles. The molecule has 0 atom stereocenters. The van der Waals surface area contributed by atoms with Gasteiger partial charge in [-0.15, -0.1) is 0 Å². The van der Waals surface area contributed by atoms with Crippen molar-refractivity contribution in [1.29, 1.82) is 0 Å². The number of anilines is 1. The average molecular weight is 589 g/mol. The number of aliphatic carboxylic acids is 1. The van der Waals surface area contributed by atoms with E-state index >= 15 is 0 Å². The van der Waals surface area contributed by atoms with Crippen molar-refractivity contribution in [2.75, 3.05) is 11.4 Å². The Hall–Kier alpha value is -4.61. The molecule has 2 heterocycles. The molecule has 218 valence electrons. The Bertz CT molecular complexity index is 1620. The first-order valence-electron chi connectivity index (χ1n) is 13.2. The monoisotopic (exact) mass is 588 g/mol. The maximum absolute atomic E-state index is 13.8. The highest BCUT2D eigenvalue weighted by Gasteiger charge is 2.28. The predicted octanol–water partition coefficient (Wildman–Crippen LogP) is 5.36. The number of carbonyl (C=O) groups is 2. The van der Waals surface area contributed by atoms with E-state index in [2.05, 4.69) is 9.97 Å². The Labute approximate surface area is 245 Å². The zero-order valence-corrected chi connectivity index (χ0v) is 24.4. The Balaban J connectivity index is 1.66. The van der Waals surface area contributed by atoms with Crippen LogP contribution in [0.1, 0.15) is 32.0 Å². The first-order chi connectivity index (χ1) is 19.9. The number of nitrogens with zero attached hydrogens (tertiary/aromatic N) is 4. The molecule has 0 unspecified atom stereocenters. The van der Waals surface area contributed by atoms with Gasteiger partial charge in [0.1, 0.15) is 22.9 Å². The Morgan fingerprint density at radius 1 is 0.857 bits per heavy atom. The van der Waals surface area contributed by atoms with Crippen molar-refractivity contribution < 1.29 is 27.9 Å². The Morgan fingerprint density at radius 2 is 1.55 bits per heavy atom. The summed E-state index contributed by atoms with van der Waals surface area (Å²) in [6.45, 7) is 4.20. The number of aromatic nitrogens is 2. The number of carboxylic acids is 1. The maximum Gasteiger partial charge on any atom is 0.416 e. The molecule has 0 bridgehead atoms. The molecule has 0 spiro atoms. The van der Waals surface area contributed by atoms with E-state index in [1.165, 1.54) is 28.8 Å². The molecule has 0 aliphatic rings. The van der Waals surface area contributed by atoms with Gasteiger partial charge in [0, 0.05) is 18.9 Å².